The second-order valence-electron chi connectivity index (χ2n) is 6.18. The number of benzene rings is 1. The maximum Gasteiger partial charge on any atom is 0.245 e. The molecule has 6 nitrogen and oxygen atoms in total. The molecule has 3 heterocycles. The number of hydrazone groups is 1. The largest absolute Gasteiger partial charge is 0.354 e. The zero-order valence-corrected chi connectivity index (χ0v) is 14.5. The van der Waals surface area contributed by atoms with Crippen LogP contribution < -0.4 is 10.3 Å². The van der Waals surface area contributed by atoms with Crippen LogP contribution in [0.4, 0.5) is 20.5 Å². The maximum absolute atomic E-state index is 14.0. The first kappa shape index (κ1) is 17.1. The lowest BCUT2D eigenvalue weighted by atomic mass is 10.3. The Hall–Kier alpha value is -3.29. The van der Waals surface area contributed by atoms with Crippen LogP contribution in [0, 0.1) is 11.6 Å². The average Bonchev–Trinajstić information content (AvgIpc) is 3.36. The molecule has 0 saturated carbocycles. The Morgan fingerprint density at radius 3 is 2.67 bits per heavy atom. The fourth-order valence-electron chi connectivity index (χ4n) is 3.08. The van der Waals surface area contributed by atoms with E-state index >= 15 is 0 Å². The molecule has 8 heteroatoms. The number of nitrogens with zero attached hydrogens (tertiary/aromatic N) is 5. The summed E-state index contributed by atoms with van der Waals surface area (Å²) in [6, 6.07) is 10.1. The van der Waals surface area contributed by atoms with Crippen molar-refractivity contribution in [2.75, 3.05) is 23.4 Å². The van der Waals surface area contributed by atoms with Gasteiger partial charge in [-0.05, 0) is 37.1 Å². The van der Waals surface area contributed by atoms with Gasteiger partial charge in [-0.2, -0.15) is 10.1 Å². The van der Waals surface area contributed by atoms with E-state index in [0.717, 1.165) is 32.1 Å². The van der Waals surface area contributed by atoms with Gasteiger partial charge in [0.25, 0.3) is 0 Å². The van der Waals surface area contributed by atoms with Gasteiger partial charge < -0.3 is 9.47 Å². The van der Waals surface area contributed by atoms with Crippen LogP contribution in [0.25, 0.3) is 5.69 Å². The molecule has 0 unspecified atom stereocenters. The van der Waals surface area contributed by atoms with Crippen molar-refractivity contribution in [3.05, 3.63) is 66.1 Å². The molecule has 0 amide bonds. The molecule has 138 valence electrons. The van der Waals surface area contributed by atoms with Gasteiger partial charge in [-0.1, -0.05) is 12.1 Å². The lowest BCUT2D eigenvalue weighted by Crippen LogP contribution is -2.21. The first-order valence-electron chi connectivity index (χ1n) is 8.71. The van der Waals surface area contributed by atoms with Crippen LogP contribution >= 0.6 is 0 Å². The second kappa shape index (κ2) is 7.53. The third-order valence-corrected chi connectivity index (χ3v) is 4.38. The van der Waals surface area contributed by atoms with E-state index in [-0.39, 0.29) is 17.6 Å². The number of rotatable bonds is 5. The predicted octanol–water partition coefficient (Wildman–Crippen LogP) is 3.59. The smallest absolute Gasteiger partial charge is 0.245 e. The molecule has 1 aliphatic heterocycles. The summed E-state index contributed by atoms with van der Waals surface area (Å²) in [5.74, 6) is -0.276. The third-order valence-electron chi connectivity index (χ3n) is 4.38. The summed E-state index contributed by atoms with van der Waals surface area (Å²) in [5.41, 5.74) is 3.82. The standard InChI is InChI=1S/C19H18F2N6/c20-15-7-1-2-8-17(15)27-11-5-6-14(27)12-23-25-19-22-13-16(21)18(24-19)26-9-3-4-10-26/h1-2,5-8,11-13H,3-4,9-10H2,(H,22,24,25)/b23-12-. The van der Waals surface area contributed by atoms with Gasteiger partial charge in [0.1, 0.15) is 5.82 Å². The van der Waals surface area contributed by atoms with Gasteiger partial charge in [0, 0.05) is 19.3 Å². The van der Waals surface area contributed by atoms with E-state index in [1.807, 2.05) is 4.90 Å². The van der Waals surface area contributed by atoms with E-state index in [9.17, 15) is 8.78 Å². The Morgan fingerprint density at radius 1 is 1.04 bits per heavy atom. The lowest BCUT2D eigenvalue weighted by Gasteiger charge is -2.16. The highest BCUT2D eigenvalue weighted by molar-refractivity contribution is 5.79. The van der Waals surface area contributed by atoms with Gasteiger partial charge in [-0.15, -0.1) is 0 Å². The Labute approximate surface area is 155 Å². The molecule has 0 atom stereocenters. The van der Waals surface area contributed by atoms with Crippen LogP contribution in [0.3, 0.4) is 0 Å². The molecule has 2 aromatic heterocycles. The number of para-hydroxylation sites is 1. The first-order chi connectivity index (χ1) is 13.2. The van der Waals surface area contributed by atoms with Gasteiger partial charge in [0.05, 0.1) is 23.8 Å². The van der Waals surface area contributed by atoms with Gasteiger partial charge >= 0.3 is 0 Å². The van der Waals surface area contributed by atoms with Crippen molar-refractivity contribution in [1.29, 1.82) is 0 Å². The van der Waals surface area contributed by atoms with Crippen molar-refractivity contribution in [3.8, 4) is 5.69 Å². The van der Waals surface area contributed by atoms with Gasteiger partial charge in [-0.25, -0.2) is 19.2 Å². The Balaban J connectivity index is 1.52. The monoisotopic (exact) mass is 368 g/mol. The van der Waals surface area contributed by atoms with Crippen molar-refractivity contribution < 1.29 is 8.78 Å². The number of hydrogen-bond donors (Lipinski definition) is 1. The normalized spacial score (nSPS) is 14.2. The summed E-state index contributed by atoms with van der Waals surface area (Å²) in [4.78, 5) is 10.0. The molecule has 0 bridgehead atoms. The highest BCUT2D eigenvalue weighted by Gasteiger charge is 2.18. The molecule has 27 heavy (non-hydrogen) atoms. The zero-order valence-electron chi connectivity index (χ0n) is 14.5. The van der Waals surface area contributed by atoms with Crippen LogP contribution in [0.2, 0.25) is 0 Å². The highest BCUT2D eigenvalue weighted by Crippen LogP contribution is 2.22. The van der Waals surface area contributed by atoms with Crippen molar-refractivity contribution in [2.24, 2.45) is 5.10 Å². The molecule has 1 saturated heterocycles. The van der Waals surface area contributed by atoms with E-state index in [2.05, 4.69) is 20.5 Å². The first-order valence-corrected chi connectivity index (χ1v) is 8.71. The molecular formula is C19H18F2N6. The fraction of sp³-hybridized carbons (Fsp3) is 0.211. The van der Waals surface area contributed by atoms with Crippen LogP contribution in [-0.4, -0.2) is 33.8 Å². The average molecular weight is 368 g/mol. The third kappa shape index (κ3) is 3.64. The van der Waals surface area contributed by atoms with Gasteiger partial charge in [0.2, 0.25) is 5.95 Å². The Morgan fingerprint density at radius 2 is 1.85 bits per heavy atom. The summed E-state index contributed by atoms with van der Waals surface area (Å²) in [5, 5.41) is 4.11. The van der Waals surface area contributed by atoms with E-state index in [1.54, 1.807) is 41.1 Å². The topological polar surface area (TPSA) is 58.3 Å². The molecular weight excluding hydrogens is 350 g/mol. The minimum Gasteiger partial charge on any atom is -0.354 e. The molecule has 0 spiro atoms. The van der Waals surface area contributed by atoms with E-state index in [0.29, 0.717) is 11.4 Å². The SMILES string of the molecule is Fc1ccccc1-n1cccc1/C=N\Nc1ncc(F)c(N2CCCC2)n1. The van der Waals surface area contributed by atoms with Crippen LogP contribution in [0.5, 0.6) is 0 Å². The molecule has 1 aromatic carbocycles. The Bertz CT molecular complexity index is 962. The molecule has 4 rings (SSSR count). The number of anilines is 2. The van der Waals surface area contributed by atoms with Crippen molar-refractivity contribution >= 4 is 18.0 Å². The summed E-state index contributed by atoms with van der Waals surface area (Å²) in [6.07, 6.45) is 6.48. The minimum atomic E-state index is -0.445. The quantitative estimate of drug-likeness (QED) is 0.552. The van der Waals surface area contributed by atoms with Crippen LogP contribution in [-0.2, 0) is 0 Å². The van der Waals surface area contributed by atoms with E-state index in [4.69, 9.17) is 0 Å². The number of aromatic nitrogens is 3. The van der Waals surface area contributed by atoms with Gasteiger partial charge in [0.15, 0.2) is 11.6 Å². The highest BCUT2D eigenvalue weighted by atomic mass is 19.1. The van der Waals surface area contributed by atoms with Crippen LogP contribution in [0.1, 0.15) is 18.5 Å². The number of halogens is 2. The van der Waals surface area contributed by atoms with Crippen LogP contribution in [0.15, 0.2) is 53.9 Å². The molecule has 1 aliphatic rings. The lowest BCUT2D eigenvalue weighted by molar-refractivity contribution is 0.608. The minimum absolute atomic E-state index is 0.207. The molecule has 0 aliphatic carbocycles. The van der Waals surface area contributed by atoms with E-state index in [1.165, 1.54) is 12.3 Å². The number of nitrogens with one attached hydrogen (secondary N) is 1. The Kier molecular flexibility index (Phi) is 4.78. The van der Waals surface area contributed by atoms with Crippen molar-refractivity contribution in [2.45, 2.75) is 12.8 Å². The second-order valence-corrected chi connectivity index (χ2v) is 6.18. The van der Waals surface area contributed by atoms with E-state index < -0.39 is 5.82 Å². The van der Waals surface area contributed by atoms with Crippen molar-refractivity contribution in [3.63, 3.8) is 0 Å². The number of hydrogen-bond acceptors (Lipinski definition) is 5. The summed E-state index contributed by atoms with van der Waals surface area (Å²) in [7, 11) is 0. The predicted molar refractivity (Wildman–Crippen MR) is 100 cm³/mol. The zero-order chi connectivity index (χ0) is 18.6. The molecule has 1 N–H and O–H groups in total. The van der Waals surface area contributed by atoms with Gasteiger partial charge in [-0.3, -0.25) is 0 Å². The summed E-state index contributed by atoms with van der Waals surface area (Å²) < 4.78 is 29.7. The fourth-order valence-corrected chi connectivity index (χ4v) is 3.08. The summed E-state index contributed by atoms with van der Waals surface area (Å²) in [6.45, 7) is 1.57. The maximum atomic E-state index is 14.0. The molecule has 0 radical (unpaired) electrons. The molecule has 1 fully saturated rings. The van der Waals surface area contributed by atoms with Crippen molar-refractivity contribution in [1.82, 2.24) is 14.5 Å². The summed E-state index contributed by atoms with van der Waals surface area (Å²) >= 11 is 0. The molecule has 3 aromatic rings.